The molecular formula is C12H11NO3S. The zero-order valence-corrected chi connectivity index (χ0v) is 10.1. The topological polar surface area (TPSA) is 59.3 Å². The lowest BCUT2D eigenvalue weighted by Crippen LogP contribution is -2.39. The van der Waals surface area contributed by atoms with Gasteiger partial charge in [-0.05, 0) is 19.4 Å². The van der Waals surface area contributed by atoms with E-state index in [0.717, 1.165) is 20.7 Å². The van der Waals surface area contributed by atoms with Crippen LogP contribution in [0.25, 0.3) is 10.3 Å². The van der Waals surface area contributed by atoms with Crippen molar-refractivity contribution in [2.45, 2.75) is 25.7 Å². The van der Waals surface area contributed by atoms with Gasteiger partial charge in [-0.3, -0.25) is 14.9 Å². The van der Waals surface area contributed by atoms with Gasteiger partial charge in [0.1, 0.15) is 5.58 Å². The van der Waals surface area contributed by atoms with Crippen LogP contribution in [-0.4, -0.2) is 11.8 Å². The van der Waals surface area contributed by atoms with Crippen LogP contribution in [0.15, 0.2) is 16.7 Å². The molecule has 3 heterocycles. The summed E-state index contributed by atoms with van der Waals surface area (Å²) in [5.41, 5.74) is 1.73. The van der Waals surface area contributed by atoms with Gasteiger partial charge in [0.05, 0.1) is 16.9 Å². The first-order valence-corrected chi connectivity index (χ1v) is 6.28. The second kappa shape index (κ2) is 3.70. The van der Waals surface area contributed by atoms with Crippen molar-refractivity contribution >= 4 is 33.4 Å². The number of hydrogen-bond acceptors (Lipinski definition) is 4. The van der Waals surface area contributed by atoms with Crippen molar-refractivity contribution in [1.82, 2.24) is 5.32 Å². The number of nitrogens with one attached hydrogen (secondary N) is 1. The van der Waals surface area contributed by atoms with E-state index in [1.165, 1.54) is 0 Å². The summed E-state index contributed by atoms with van der Waals surface area (Å²) in [6.45, 7) is 2.01. The molecule has 0 bridgehead atoms. The van der Waals surface area contributed by atoms with E-state index in [-0.39, 0.29) is 17.7 Å². The summed E-state index contributed by atoms with van der Waals surface area (Å²) in [5, 5.41) is 2.37. The average Bonchev–Trinajstić information content (AvgIpc) is 2.78. The Hall–Kier alpha value is -1.62. The third-order valence-electron chi connectivity index (χ3n) is 3.01. The van der Waals surface area contributed by atoms with E-state index in [0.29, 0.717) is 12.8 Å². The van der Waals surface area contributed by atoms with Crippen molar-refractivity contribution in [2.75, 3.05) is 0 Å². The normalized spacial score (nSPS) is 20.9. The molecule has 1 saturated heterocycles. The Kier molecular flexibility index (Phi) is 2.29. The zero-order chi connectivity index (χ0) is 12.0. The standard InChI is InChI=1S/C12H11NO3S/c1-6-4-9-11(17-6)8(5-16-9)7-2-3-10(14)13-12(7)15/h4-5,7H,2-3H2,1H3,(H,13,14,15). The molecule has 0 radical (unpaired) electrons. The molecule has 88 valence electrons. The van der Waals surface area contributed by atoms with E-state index in [2.05, 4.69) is 5.32 Å². The van der Waals surface area contributed by atoms with Gasteiger partial charge in [0, 0.05) is 16.9 Å². The monoisotopic (exact) mass is 249 g/mol. The maximum absolute atomic E-state index is 11.8. The Morgan fingerprint density at radius 3 is 3.06 bits per heavy atom. The van der Waals surface area contributed by atoms with Crippen molar-refractivity contribution in [2.24, 2.45) is 0 Å². The predicted octanol–water partition coefficient (Wildman–Crippen LogP) is 2.32. The average molecular weight is 249 g/mol. The van der Waals surface area contributed by atoms with Gasteiger partial charge in [-0.25, -0.2) is 0 Å². The molecule has 1 fully saturated rings. The van der Waals surface area contributed by atoms with E-state index in [1.54, 1.807) is 17.6 Å². The van der Waals surface area contributed by atoms with Gasteiger partial charge < -0.3 is 4.42 Å². The minimum absolute atomic E-state index is 0.187. The molecule has 5 heteroatoms. The number of piperidine rings is 1. The zero-order valence-electron chi connectivity index (χ0n) is 9.28. The van der Waals surface area contributed by atoms with Crippen molar-refractivity contribution < 1.29 is 14.0 Å². The van der Waals surface area contributed by atoms with Crippen LogP contribution in [0.5, 0.6) is 0 Å². The number of carbonyl (C=O) groups excluding carboxylic acids is 2. The maximum atomic E-state index is 11.8. The summed E-state index contributed by atoms with van der Waals surface area (Å²) in [7, 11) is 0. The Labute approximate surface area is 102 Å². The summed E-state index contributed by atoms with van der Waals surface area (Å²) < 4.78 is 6.47. The number of amides is 2. The first-order chi connectivity index (χ1) is 8.15. The SMILES string of the molecule is Cc1cc2occ(C3CCC(=O)NC3=O)c2s1. The highest BCUT2D eigenvalue weighted by Gasteiger charge is 2.30. The number of carbonyl (C=O) groups is 2. The minimum atomic E-state index is -0.257. The lowest BCUT2D eigenvalue weighted by Gasteiger charge is -2.19. The van der Waals surface area contributed by atoms with Gasteiger partial charge >= 0.3 is 0 Å². The van der Waals surface area contributed by atoms with Gasteiger partial charge in [0.2, 0.25) is 11.8 Å². The predicted molar refractivity (Wildman–Crippen MR) is 64.0 cm³/mol. The van der Waals surface area contributed by atoms with Gasteiger partial charge in [-0.15, -0.1) is 11.3 Å². The van der Waals surface area contributed by atoms with Gasteiger partial charge in [0.15, 0.2) is 0 Å². The second-order valence-corrected chi connectivity index (χ2v) is 5.50. The van der Waals surface area contributed by atoms with Crippen LogP contribution in [0.4, 0.5) is 0 Å². The molecule has 2 aromatic heterocycles. The van der Waals surface area contributed by atoms with Crippen molar-refractivity contribution in [3.05, 3.63) is 22.8 Å². The van der Waals surface area contributed by atoms with E-state index >= 15 is 0 Å². The number of imide groups is 1. The van der Waals surface area contributed by atoms with Crippen LogP contribution in [0, 0.1) is 6.92 Å². The number of rotatable bonds is 1. The molecule has 1 aliphatic rings. The molecule has 4 nitrogen and oxygen atoms in total. The van der Waals surface area contributed by atoms with Crippen LogP contribution in [-0.2, 0) is 9.59 Å². The molecule has 1 N–H and O–H groups in total. The summed E-state index contributed by atoms with van der Waals surface area (Å²) in [4.78, 5) is 24.0. The third-order valence-corrected chi connectivity index (χ3v) is 4.09. The Morgan fingerprint density at radius 1 is 1.47 bits per heavy atom. The molecule has 2 amide bonds. The third kappa shape index (κ3) is 1.67. The van der Waals surface area contributed by atoms with E-state index < -0.39 is 0 Å². The molecule has 0 saturated carbocycles. The van der Waals surface area contributed by atoms with Crippen molar-refractivity contribution in [3.8, 4) is 0 Å². The molecule has 0 aromatic carbocycles. The van der Waals surface area contributed by atoms with Crippen LogP contribution in [0.2, 0.25) is 0 Å². The summed E-state index contributed by atoms with van der Waals surface area (Å²) in [6.07, 6.45) is 2.60. The number of furan rings is 1. The van der Waals surface area contributed by atoms with Crippen molar-refractivity contribution in [3.63, 3.8) is 0 Å². The smallest absolute Gasteiger partial charge is 0.234 e. The molecule has 2 aromatic rings. The van der Waals surface area contributed by atoms with E-state index in [1.807, 2.05) is 13.0 Å². The van der Waals surface area contributed by atoms with Gasteiger partial charge in [0.25, 0.3) is 0 Å². The fraction of sp³-hybridized carbons (Fsp3) is 0.333. The number of fused-ring (bicyclic) bond motifs is 1. The van der Waals surface area contributed by atoms with E-state index in [9.17, 15) is 9.59 Å². The van der Waals surface area contributed by atoms with Gasteiger partial charge in [-0.1, -0.05) is 0 Å². The lowest BCUT2D eigenvalue weighted by molar-refractivity contribution is -0.134. The molecule has 17 heavy (non-hydrogen) atoms. The molecule has 1 unspecified atom stereocenters. The first kappa shape index (κ1) is 10.5. The van der Waals surface area contributed by atoms with Crippen LogP contribution < -0.4 is 5.32 Å². The molecule has 3 rings (SSSR count). The number of thiophene rings is 1. The van der Waals surface area contributed by atoms with Crippen LogP contribution >= 0.6 is 11.3 Å². The summed E-state index contributed by atoms with van der Waals surface area (Å²) in [5.74, 6) is -0.657. The Morgan fingerprint density at radius 2 is 2.29 bits per heavy atom. The highest BCUT2D eigenvalue weighted by molar-refractivity contribution is 7.19. The maximum Gasteiger partial charge on any atom is 0.234 e. The van der Waals surface area contributed by atoms with Crippen LogP contribution in [0.1, 0.15) is 29.2 Å². The fourth-order valence-electron chi connectivity index (χ4n) is 2.19. The number of hydrogen-bond donors (Lipinski definition) is 1. The Bertz CT molecular complexity index is 610. The lowest BCUT2D eigenvalue weighted by atomic mass is 9.92. The minimum Gasteiger partial charge on any atom is -0.463 e. The second-order valence-electron chi connectivity index (χ2n) is 4.25. The van der Waals surface area contributed by atoms with E-state index in [4.69, 9.17) is 4.42 Å². The van der Waals surface area contributed by atoms with Crippen molar-refractivity contribution in [1.29, 1.82) is 0 Å². The molecule has 1 atom stereocenters. The highest BCUT2D eigenvalue weighted by Crippen LogP contribution is 2.36. The molecule has 0 aliphatic carbocycles. The highest BCUT2D eigenvalue weighted by atomic mass is 32.1. The number of aryl methyl sites for hydroxylation is 1. The molecule has 0 spiro atoms. The largest absolute Gasteiger partial charge is 0.463 e. The quantitative estimate of drug-likeness (QED) is 0.789. The summed E-state index contributed by atoms with van der Waals surface area (Å²) >= 11 is 1.62. The van der Waals surface area contributed by atoms with Gasteiger partial charge in [-0.2, -0.15) is 0 Å². The fourth-order valence-corrected chi connectivity index (χ4v) is 3.19. The van der Waals surface area contributed by atoms with Crippen LogP contribution in [0.3, 0.4) is 0 Å². The Balaban J connectivity index is 2.03. The molecule has 1 aliphatic heterocycles. The first-order valence-electron chi connectivity index (χ1n) is 5.46. The molecular weight excluding hydrogens is 238 g/mol. The summed E-state index contributed by atoms with van der Waals surface area (Å²) in [6, 6.07) is 1.97.